The van der Waals surface area contributed by atoms with E-state index >= 15 is 0 Å². The van der Waals surface area contributed by atoms with Crippen molar-refractivity contribution in [2.45, 2.75) is 6.54 Å². The summed E-state index contributed by atoms with van der Waals surface area (Å²) in [6.45, 7) is 4.61. The Kier molecular flexibility index (Phi) is 6.35. The Morgan fingerprint density at radius 1 is 1.03 bits per heavy atom. The van der Waals surface area contributed by atoms with Gasteiger partial charge in [-0.2, -0.15) is 4.98 Å². The molecule has 11 heteroatoms. The number of aromatic nitrogens is 4. The molecule has 1 aromatic carbocycles. The number of pyridine rings is 1. The zero-order chi connectivity index (χ0) is 23.8. The van der Waals surface area contributed by atoms with Crippen molar-refractivity contribution in [3.05, 3.63) is 40.3 Å². The lowest BCUT2D eigenvalue weighted by molar-refractivity contribution is 0.231. The van der Waals surface area contributed by atoms with Crippen molar-refractivity contribution in [1.29, 1.82) is 0 Å². The third-order valence-electron chi connectivity index (χ3n) is 5.98. The number of nitrogens with one attached hydrogen (secondary N) is 2. The minimum atomic E-state index is 0.383. The van der Waals surface area contributed by atoms with Crippen molar-refractivity contribution in [2.75, 3.05) is 52.8 Å². The summed E-state index contributed by atoms with van der Waals surface area (Å²) in [6.07, 6.45) is 3.79. The number of nitrogens with zero attached hydrogens (tertiary/aromatic N) is 5. The number of anilines is 1. The molecule has 1 saturated heterocycles. The molecule has 0 saturated carbocycles. The summed E-state index contributed by atoms with van der Waals surface area (Å²) in [7, 11) is 4.91. The molecule has 0 atom stereocenters. The van der Waals surface area contributed by atoms with Gasteiger partial charge in [-0.15, -0.1) is 0 Å². The largest absolute Gasteiger partial charge is 0.495 e. The van der Waals surface area contributed by atoms with Crippen LogP contribution in [0.15, 0.2) is 24.5 Å². The van der Waals surface area contributed by atoms with Gasteiger partial charge in [0.05, 0.1) is 30.0 Å². The average Bonchev–Trinajstić information content (AvgIpc) is 3.28. The molecule has 4 aromatic rings. The standard InChI is InChI=1S/C23H25Cl2N7O2/c1-26-23-28-10-13-8-15(18-19(24)16(33-2)9-17(34-3)20(18)25)22-29-14(12-32(22)21(13)30-23)11-31-6-4-27-5-7-31/h8-10,12,27H,4-7,11H2,1-3H3,(H,26,28,30). The van der Waals surface area contributed by atoms with Crippen LogP contribution in [0.2, 0.25) is 10.0 Å². The highest BCUT2D eigenvalue weighted by molar-refractivity contribution is 6.41. The average molecular weight is 502 g/mol. The van der Waals surface area contributed by atoms with Gasteiger partial charge in [-0.25, -0.2) is 9.97 Å². The molecular weight excluding hydrogens is 477 g/mol. The Morgan fingerprint density at radius 3 is 2.38 bits per heavy atom. The second-order valence-electron chi connectivity index (χ2n) is 8.02. The normalized spacial score (nSPS) is 14.6. The number of hydrogen-bond donors (Lipinski definition) is 2. The number of hydrogen-bond acceptors (Lipinski definition) is 8. The summed E-state index contributed by atoms with van der Waals surface area (Å²) in [5.74, 6) is 1.45. The predicted molar refractivity (Wildman–Crippen MR) is 135 cm³/mol. The van der Waals surface area contributed by atoms with Gasteiger partial charge < -0.3 is 20.1 Å². The number of ether oxygens (including phenoxy) is 2. The lowest BCUT2D eigenvalue weighted by atomic mass is 10.0. The molecule has 0 spiro atoms. The van der Waals surface area contributed by atoms with Crippen molar-refractivity contribution >= 4 is 45.8 Å². The van der Waals surface area contributed by atoms with Gasteiger partial charge in [-0.1, -0.05) is 23.2 Å². The SMILES string of the molecule is CNc1ncc2cc(-c3c(Cl)c(OC)cc(OC)c3Cl)c3nc(CN4CCNCC4)cn3c2n1. The van der Waals surface area contributed by atoms with Gasteiger partial charge in [-0.3, -0.25) is 9.30 Å². The van der Waals surface area contributed by atoms with Crippen molar-refractivity contribution in [1.82, 2.24) is 29.6 Å². The van der Waals surface area contributed by atoms with Gasteiger partial charge in [0.15, 0.2) is 5.65 Å². The Bertz CT molecular complexity index is 1340. The molecule has 0 amide bonds. The van der Waals surface area contributed by atoms with E-state index in [0.29, 0.717) is 38.7 Å². The summed E-state index contributed by atoms with van der Waals surface area (Å²) in [5.41, 5.74) is 3.69. The second kappa shape index (κ2) is 9.42. The summed E-state index contributed by atoms with van der Waals surface area (Å²) >= 11 is 13.6. The molecule has 9 nitrogen and oxygen atoms in total. The summed E-state index contributed by atoms with van der Waals surface area (Å²) < 4.78 is 13.0. The lowest BCUT2D eigenvalue weighted by Crippen LogP contribution is -2.42. The quantitative estimate of drug-likeness (QED) is 0.413. The predicted octanol–water partition coefficient (Wildman–Crippen LogP) is 3.72. The molecule has 5 rings (SSSR count). The third-order valence-corrected chi connectivity index (χ3v) is 6.73. The fourth-order valence-corrected chi connectivity index (χ4v) is 4.98. The van der Waals surface area contributed by atoms with Crippen molar-refractivity contribution in [3.63, 3.8) is 0 Å². The molecule has 1 aliphatic rings. The fraction of sp³-hybridized carbons (Fsp3) is 0.348. The maximum absolute atomic E-state index is 6.78. The third kappa shape index (κ3) is 3.98. The first-order valence-corrected chi connectivity index (χ1v) is 11.7. The van der Waals surface area contributed by atoms with Gasteiger partial charge in [0, 0.05) is 74.7 Å². The molecule has 4 heterocycles. The maximum atomic E-state index is 6.78. The molecule has 1 aliphatic heterocycles. The van der Waals surface area contributed by atoms with Gasteiger partial charge in [-0.05, 0) is 6.07 Å². The maximum Gasteiger partial charge on any atom is 0.224 e. The molecule has 2 N–H and O–H groups in total. The number of piperazine rings is 1. The fourth-order valence-electron chi connectivity index (χ4n) is 4.28. The van der Waals surface area contributed by atoms with E-state index in [2.05, 4.69) is 20.5 Å². The number of methoxy groups -OCH3 is 2. The van der Waals surface area contributed by atoms with Crippen molar-refractivity contribution in [3.8, 4) is 22.6 Å². The van der Waals surface area contributed by atoms with Crippen LogP contribution in [0.25, 0.3) is 27.8 Å². The lowest BCUT2D eigenvalue weighted by Gasteiger charge is -2.26. The van der Waals surface area contributed by atoms with E-state index in [1.54, 1.807) is 33.5 Å². The van der Waals surface area contributed by atoms with Crippen LogP contribution >= 0.6 is 23.2 Å². The Labute approximate surface area is 207 Å². The molecule has 1 fully saturated rings. The minimum Gasteiger partial charge on any atom is -0.495 e. The van der Waals surface area contributed by atoms with Crippen LogP contribution in [0.4, 0.5) is 5.95 Å². The highest BCUT2D eigenvalue weighted by atomic mass is 35.5. The first-order chi connectivity index (χ1) is 16.5. The van der Waals surface area contributed by atoms with Crippen LogP contribution in [-0.4, -0.2) is 71.7 Å². The summed E-state index contributed by atoms with van der Waals surface area (Å²) in [6, 6.07) is 3.63. The second-order valence-corrected chi connectivity index (χ2v) is 8.77. The topological polar surface area (TPSA) is 88.8 Å². The van der Waals surface area contributed by atoms with E-state index in [9.17, 15) is 0 Å². The van der Waals surface area contributed by atoms with Gasteiger partial charge in [0.1, 0.15) is 17.1 Å². The summed E-state index contributed by atoms with van der Waals surface area (Å²) in [4.78, 5) is 16.5. The van der Waals surface area contributed by atoms with E-state index in [0.717, 1.165) is 55.0 Å². The van der Waals surface area contributed by atoms with Crippen LogP contribution in [0.1, 0.15) is 5.69 Å². The first kappa shape index (κ1) is 22.9. The van der Waals surface area contributed by atoms with Gasteiger partial charge >= 0.3 is 0 Å². The highest BCUT2D eigenvalue weighted by Crippen LogP contribution is 2.47. The number of fused-ring (bicyclic) bond motifs is 3. The van der Waals surface area contributed by atoms with E-state index in [-0.39, 0.29) is 0 Å². The molecule has 178 valence electrons. The highest BCUT2D eigenvalue weighted by Gasteiger charge is 2.24. The van der Waals surface area contributed by atoms with Crippen LogP contribution in [0.5, 0.6) is 11.5 Å². The van der Waals surface area contributed by atoms with Crippen LogP contribution in [-0.2, 0) is 6.54 Å². The number of rotatable bonds is 6. The summed E-state index contributed by atoms with van der Waals surface area (Å²) in [5, 5.41) is 7.98. The van der Waals surface area contributed by atoms with Crippen molar-refractivity contribution in [2.24, 2.45) is 0 Å². The first-order valence-electron chi connectivity index (χ1n) is 10.9. The molecule has 0 bridgehead atoms. The van der Waals surface area contributed by atoms with E-state index in [1.165, 1.54) is 0 Å². The molecule has 0 aliphatic carbocycles. The van der Waals surface area contributed by atoms with Gasteiger partial charge in [0.2, 0.25) is 5.95 Å². The molecule has 3 aromatic heterocycles. The van der Waals surface area contributed by atoms with Crippen LogP contribution < -0.4 is 20.1 Å². The Morgan fingerprint density at radius 2 is 1.74 bits per heavy atom. The van der Waals surface area contributed by atoms with Crippen LogP contribution in [0, 0.1) is 0 Å². The number of halogens is 2. The number of benzene rings is 1. The molecule has 0 radical (unpaired) electrons. The van der Waals surface area contributed by atoms with E-state index < -0.39 is 0 Å². The minimum absolute atomic E-state index is 0.383. The molecular formula is C23H25Cl2N7O2. The zero-order valence-corrected chi connectivity index (χ0v) is 20.7. The Balaban J connectivity index is 1.78. The number of imidazole rings is 1. The Hall–Kier alpha value is -2.85. The zero-order valence-electron chi connectivity index (χ0n) is 19.2. The van der Waals surface area contributed by atoms with Crippen LogP contribution in [0.3, 0.4) is 0 Å². The molecule has 34 heavy (non-hydrogen) atoms. The van der Waals surface area contributed by atoms with E-state index in [4.69, 9.17) is 42.6 Å². The monoisotopic (exact) mass is 501 g/mol. The van der Waals surface area contributed by atoms with Gasteiger partial charge in [0.25, 0.3) is 0 Å². The molecule has 0 unspecified atom stereocenters. The van der Waals surface area contributed by atoms with E-state index in [1.807, 2.05) is 16.7 Å². The smallest absolute Gasteiger partial charge is 0.224 e. The van der Waals surface area contributed by atoms with Crippen molar-refractivity contribution < 1.29 is 9.47 Å².